The summed E-state index contributed by atoms with van der Waals surface area (Å²) >= 11 is 0. The smallest absolute Gasteiger partial charge is 0.262 e. The fraction of sp³-hybridized carbons (Fsp3) is 0.316. The molecule has 0 unspecified atom stereocenters. The monoisotopic (exact) mass is 390 g/mol. The minimum atomic E-state index is -3.82. The Morgan fingerprint density at radius 3 is 2.59 bits per heavy atom. The lowest BCUT2D eigenvalue weighted by Gasteiger charge is -2.17. The highest BCUT2D eigenvalue weighted by molar-refractivity contribution is 7.92. The summed E-state index contributed by atoms with van der Waals surface area (Å²) in [6, 6.07) is 9.69. The van der Waals surface area contributed by atoms with Crippen molar-refractivity contribution in [2.45, 2.75) is 24.7 Å². The standard InChI is InChI=1S/C19H22N2O5S/c1-4-19(22)21-10-9-13-11-15(6-7-17(13)21)27(23,24)20-16-12-14(25-2)5-8-18(16)26-3/h5-8,11-12,20H,4,9-10H2,1-3H3. The van der Waals surface area contributed by atoms with Crippen LogP contribution in [0.5, 0.6) is 11.5 Å². The predicted molar refractivity (Wildman–Crippen MR) is 103 cm³/mol. The molecule has 0 aliphatic carbocycles. The van der Waals surface area contributed by atoms with Gasteiger partial charge in [-0.25, -0.2) is 8.42 Å². The highest BCUT2D eigenvalue weighted by atomic mass is 32.2. The Bertz CT molecular complexity index is 972. The van der Waals surface area contributed by atoms with Crippen LogP contribution in [0.1, 0.15) is 18.9 Å². The van der Waals surface area contributed by atoms with E-state index in [9.17, 15) is 13.2 Å². The number of amides is 1. The lowest BCUT2D eigenvalue weighted by molar-refractivity contribution is -0.118. The summed E-state index contributed by atoms with van der Waals surface area (Å²) in [4.78, 5) is 13.8. The number of rotatable bonds is 6. The Hall–Kier alpha value is -2.74. The number of anilines is 2. The maximum absolute atomic E-state index is 12.9. The minimum absolute atomic E-state index is 0.0311. The van der Waals surface area contributed by atoms with Gasteiger partial charge in [-0.1, -0.05) is 6.92 Å². The van der Waals surface area contributed by atoms with Crippen molar-refractivity contribution in [1.29, 1.82) is 0 Å². The molecule has 0 atom stereocenters. The normalized spacial score (nSPS) is 13.2. The van der Waals surface area contributed by atoms with E-state index in [1.807, 2.05) is 6.92 Å². The molecule has 0 spiro atoms. The maximum atomic E-state index is 12.9. The number of nitrogens with one attached hydrogen (secondary N) is 1. The molecule has 0 aromatic heterocycles. The summed E-state index contributed by atoms with van der Waals surface area (Å²) in [7, 11) is -0.854. The van der Waals surface area contributed by atoms with Crippen molar-refractivity contribution in [2.75, 3.05) is 30.4 Å². The largest absolute Gasteiger partial charge is 0.497 e. The number of hydrogen-bond donors (Lipinski definition) is 1. The van der Waals surface area contributed by atoms with Crippen LogP contribution in [0.2, 0.25) is 0 Å². The second kappa shape index (κ2) is 7.48. The molecule has 2 aromatic carbocycles. The lowest BCUT2D eigenvalue weighted by Crippen LogP contribution is -2.27. The van der Waals surface area contributed by atoms with Crippen LogP contribution in [0.3, 0.4) is 0 Å². The summed E-state index contributed by atoms with van der Waals surface area (Å²) in [5, 5.41) is 0. The number of methoxy groups -OCH3 is 2. The molecular weight excluding hydrogens is 368 g/mol. The predicted octanol–water partition coefficient (Wildman–Crippen LogP) is 2.80. The molecular formula is C19H22N2O5S. The average Bonchev–Trinajstić information content (AvgIpc) is 3.10. The number of fused-ring (bicyclic) bond motifs is 1. The first-order chi connectivity index (χ1) is 12.9. The maximum Gasteiger partial charge on any atom is 0.262 e. The average molecular weight is 390 g/mol. The summed E-state index contributed by atoms with van der Waals surface area (Å²) in [5.74, 6) is 0.931. The molecule has 1 amide bonds. The van der Waals surface area contributed by atoms with Crippen molar-refractivity contribution >= 4 is 27.3 Å². The molecule has 2 aromatic rings. The van der Waals surface area contributed by atoms with E-state index >= 15 is 0 Å². The van der Waals surface area contributed by atoms with Crippen LogP contribution >= 0.6 is 0 Å². The summed E-state index contributed by atoms with van der Waals surface area (Å²) in [6.07, 6.45) is 1.05. The molecule has 1 aliphatic heterocycles. The van der Waals surface area contributed by atoms with Crippen LogP contribution in [0.4, 0.5) is 11.4 Å². The van der Waals surface area contributed by atoms with Gasteiger partial charge in [0.15, 0.2) is 0 Å². The van der Waals surface area contributed by atoms with E-state index in [-0.39, 0.29) is 10.8 Å². The fourth-order valence-corrected chi connectivity index (χ4v) is 4.20. The summed E-state index contributed by atoms with van der Waals surface area (Å²) in [5.41, 5.74) is 1.91. The first kappa shape index (κ1) is 19.0. The number of carbonyl (C=O) groups is 1. The van der Waals surface area contributed by atoms with Crippen LogP contribution in [0, 0.1) is 0 Å². The molecule has 1 heterocycles. The van der Waals surface area contributed by atoms with E-state index in [4.69, 9.17) is 9.47 Å². The third kappa shape index (κ3) is 3.71. The molecule has 27 heavy (non-hydrogen) atoms. The quantitative estimate of drug-likeness (QED) is 0.820. The topological polar surface area (TPSA) is 84.9 Å². The van der Waals surface area contributed by atoms with Crippen molar-refractivity contribution < 1.29 is 22.7 Å². The van der Waals surface area contributed by atoms with Crippen LogP contribution in [0.25, 0.3) is 0 Å². The lowest BCUT2D eigenvalue weighted by atomic mass is 10.2. The SMILES string of the molecule is CCC(=O)N1CCc2cc(S(=O)(=O)Nc3cc(OC)ccc3OC)ccc21. The Labute approximate surface area is 158 Å². The summed E-state index contributed by atoms with van der Waals surface area (Å²) < 4.78 is 38.6. The molecule has 8 heteroatoms. The highest BCUT2D eigenvalue weighted by Crippen LogP contribution is 2.33. The number of sulfonamides is 1. The van der Waals surface area contributed by atoms with E-state index in [0.717, 1.165) is 11.3 Å². The van der Waals surface area contributed by atoms with Gasteiger partial charge in [0, 0.05) is 24.7 Å². The van der Waals surface area contributed by atoms with Crippen molar-refractivity contribution in [3.05, 3.63) is 42.0 Å². The van der Waals surface area contributed by atoms with Crippen LogP contribution in [-0.2, 0) is 21.2 Å². The molecule has 0 radical (unpaired) electrons. The van der Waals surface area contributed by atoms with Gasteiger partial charge in [0.1, 0.15) is 11.5 Å². The fourth-order valence-electron chi connectivity index (χ4n) is 3.09. The third-order valence-corrected chi connectivity index (χ3v) is 5.87. The Morgan fingerprint density at radius 2 is 1.93 bits per heavy atom. The number of carbonyl (C=O) groups excluding carboxylic acids is 1. The van der Waals surface area contributed by atoms with E-state index in [1.54, 1.807) is 35.2 Å². The van der Waals surface area contributed by atoms with E-state index in [1.165, 1.54) is 20.3 Å². The van der Waals surface area contributed by atoms with Gasteiger partial charge in [0.05, 0.1) is 24.8 Å². The Morgan fingerprint density at radius 1 is 1.15 bits per heavy atom. The van der Waals surface area contributed by atoms with Gasteiger partial charge in [-0.3, -0.25) is 9.52 Å². The first-order valence-corrected chi connectivity index (χ1v) is 10.1. The molecule has 7 nitrogen and oxygen atoms in total. The Kier molecular flexibility index (Phi) is 5.27. The number of benzene rings is 2. The molecule has 1 N–H and O–H groups in total. The van der Waals surface area contributed by atoms with Gasteiger partial charge in [-0.15, -0.1) is 0 Å². The van der Waals surface area contributed by atoms with Gasteiger partial charge in [0.25, 0.3) is 10.0 Å². The van der Waals surface area contributed by atoms with Gasteiger partial charge < -0.3 is 14.4 Å². The summed E-state index contributed by atoms with van der Waals surface area (Å²) in [6.45, 7) is 2.38. The van der Waals surface area contributed by atoms with E-state index < -0.39 is 10.0 Å². The van der Waals surface area contributed by atoms with Crippen molar-refractivity contribution in [2.24, 2.45) is 0 Å². The van der Waals surface area contributed by atoms with Crippen molar-refractivity contribution in [3.8, 4) is 11.5 Å². The van der Waals surface area contributed by atoms with E-state index in [0.29, 0.717) is 36.6 Å². The van der Waals surface area contributed by atoms with Crippen LogP contribution < -0.4 is 19.1 Å². The molecule has 0 saturated heterocycles. The zero-order chi connectivity index (χ0) is 19.6. The van der Waals surface area contributed by atoms with Crippen molar-refractivity contribution in [3.63, 3.8) is 0 Å². The second-order valence-corrected chi connectivity index (χ2v) is 7.79. The molecule has 0 bridgehead atoms. The second-order valence-electron chi connectivity index (χ2n) is 6.11. The molecule has 0 fully saturated rings. The van der Waals surface area contributed by atoms with Gasteiger partial charge in [0.2, 0.25) is 5.91 Å². The van der Waals surface area contributed by atoms with Crippen LogP contribution in [0.15, 0.2) is 41.3 Å². The van der Waals surface area contributed by atoms with E-state index in [2.05, 4.69) is 4.72 Å². The molecule has 144 valence electrons. The number of nitrogens with zero attached hydrogens (tertiary/aromatic N) is 1. The highest BCUT2D eigenvalue weighted by Gasteiger charge is 2.26. The molecule has 3 rings (SSSR count). The Balaban J connectivity index is 1.92. The number of ether oxygens (including phenoxy) is 2. The molecule has 0 saturated carbocycles. The minimum Gasteiger partial charge on any atom is -0.497 e. The van der Waals surface area contributed by atoms with Crippen molar-refractivity contribution in [1.82, 2.24) is 0 Å². The number of hydrogen-bond acceptors (Lipinski definition) is 5. The first-order valence-electron chi connectivity index (χ1n) is 8.57. The molecule has 1 aliphatic rings. The van der Waals surface area contributed by atoms with Crippen LogP contribution in [-0.4, -0.2) is 35.1 Å². The third-order valence-electron chi connectivity index (χ3n) is 4.51. The van der Waals surface area contributed by atoms with Gasteiger partial charge in [-0.05, 0) is 42.3 Å². The van der Waals surface area contributed by atoms with Gasteiger partial charge >= 0.3 is 0 Å². The zero-order valence-electron chi connectivity index (χ0n) is 15.5. The van der Waals surface area contributed by atoms with Gasteiger partial charge in [-0.2, -0.15) is 0 Å². The zero-order valence-corrected chi connectivity index (χ0v) is 16.3.